The van der Waals surface area contributed by atoms with E-state index in [1.807, 2.05) is 30.3 Å². The van der Waals surface area contributed by atoms with Crippen LogP contribution in [0.5, 0.6) is 0 Å². The van der Waals surface area contributed by atoms with Gasteiger partial charge in [0, 0.05) is 55.1 Å². The third kappa shape index (κ3) is 3.45. The fraction of sp³-hybridized carbons (Fsp3) is 0.350. The molecule has 2 fully saturated rings. The van der Waals surface area contributed by atoms with Crippen LogP contribution in [0, 0.1) is 5.92 Å². The van der Waals surface area contributed by atoms with Gasteiger partial charge in [-0.15, -0.1) is 10.2 Å². The Morgan fingerprint density at radius 2 is 1.96 bits per heavy atom. The molecule has 0 radical (unpaired) electrons. The molecule has 8 heteroatoms. The highest BCUT2D eigenvalue weighted by Crippen LogP contribution is 2.39. The van der Waals surface area contributed by atoms with Crippen molar-refractivity contribution in [3.63, 3.8) is 0 Å². The maximum atomic E-state index is 12.2. The first-order valence-corrected chi connectivity index (χ1v) is 9.59. The van der Waals surface area contributed by atoms with Gasteiger partial charge in [0.15, 0.2) is 5.82 Å². The van der Waals surface area contributed by atoms with Crippen molar-refractivity contribution in [3.05, 3.63) is 54.1 Å². The third-order valence-corrected chi connectivity index (χ3v) is 5.31. The fourth-order valence-electron chi connectivity index (χ4n) is 3.44. The molecule has 2 N–H and O–H groups in total. The van der Waals surface area contributed by atoms with E-state index in [0.717, 1.165) is 35.9 Å². The molecule has 142 valence electrons. The molecule has 28 heavy (non-hydrogen) atoms. The molecule has 3 aromatic rings. The number of hydrogen-bond donors (Lipinski definition) is 2. The van der Waals surface area contributed by atoms with Crippen LogP contribution in [0.15, 0.2) is 42.7 Å². The van der Waals surface area contributed by atoms with Crippen molar-refractivity contribution in [2.24, 2.45) is 5.92 Å². The van der Waals surface area contributed by atoms with Crippen LogP contribution in [0.3, 0.4) is 0 Å². The smallest absolute Gasteiger partial charge is 0.271 e. The Balaban J connectivity index is 1.11. The minimum Gasteiger partial charge on any atom is -0.354 e. The topological polar surface area (TPSA) is 99.7 Å². The van der Waals surface area contributed by atoms with Gasteiger partial charge in [-0.2, -0.15) is 5.10 Å². The number of aromatic nitrogens is 5. The SMILES string of the molecule is O=C(NCC1CN(c2ccc(-c3ccncc3)nn2)C1)c1cc(C2CC2)[nH]n1. The van der Waals surface area contributed by atoms with Gasteiger partial charge < -0.3 is 10.2 Å². The zero-order valence-electron chi connectivity index (χ0n) is 15.4. The molecule has 3 aromatic heterocycles. The fourth-order valence-corrected chi connectivity index (χ4v) is 3.44. The normalized spacial score (nSPS) is 16.6. The van der Waals surface area contributed by atoms with E-state index in [4.69, 9.17) is 0 Å². The van der Waals surface area contributed by atoms with Crippen LogP contribution in [-0.4, -0.2) is 50.9 Å². The predicted octanol–water partition coefficient (Wildman–Crippen LogP) is 2.01. The van der Waals surface area contributed by atoms with E-state index in [1.165, 1.54) is 12.8 Å². The number of carbonyl (C=O) groups excluding carboxylic acids is 1. The molecule has 8 nitrogen and oxygen atoms in total. The summed E-state index contributed by atoms with van der Waals surface area (Å²) in [6.07, 6.45) is 5.87. The summed E-state index contributed by atoms with van der Waals surface area (Å²) in [4.78, 5) is 18.4. The molecule has 1 aliphatic carbocycles. The molecule has 1 saturated carbocycles. The number of H-pyrrole nitrogens is 1. The summed E-state index contributed by atoms with van der Waals surface area (Å²) >= 11 is 0. The van der Waals surface area contributed by atoms with Crippen LogP contribution in [0.2, 0.25) is 0 Å². The standard InChI is InChI=1S/C20H21N7O/c28-20(18-9-17(24-25-18)14-1-2-14)22-10-13-11-27(12-13)19-4-3-16(23-26-19)15-5-7-21-8-6-15/h3-9,13-14H,1-2,10-12H2,(H,22,28)(H,24,25). The number of nitrogens with zero attached hydrogens (tertiary/aromatic N) is 5. The zero-order chi connectivity index (χ0) is 18.9. The molecular weight excluding hydrogens is 354 g/mol. The van der Waals surface area contributed by atoms with E-state index in [2.05, 4.69) is 35.6 Å². The Morgan fingerprint density at radius 1 is 1.14 bits per heavy atom. The quantitative estimate of drug-likeness (QED) is 0.684. The molecule has 0 spiro atoms. The second kappa shape index (κ2) is 7.03. The van der Waals surface area contributed by atoms with Gasteiger partial charge in [0.25, 0.3) is 5.91 Å². The zero-order valence-corrected chi connectivity index (χ0v) is 15.4. The van der Waals surface area contributed by atoms with Crippen LogP contribution >= 0.6 is 0 Å². The van der Waals surface area contributed by atoms with Crippen molar-refractivity contribution >= 4 is 11.7 Å². The van der Waals surface area contributed by atoms with Crippen molar-refractivity contribution in [1.82, 2.24) is 30.7 Å². The van der Waals surface area contributed by atoms with E-state index in [-0.39, 0.29) is 5.91 Å². The Hall–Kier alpha value is -3.29. The number of nitrogens with one attached hydrogen (secondary N) is 2. The van der Waals surface area contributed by atoms with E-state index in [1.54, 1.807) is 12.4 Å². The summed E-state index contributed by atoms with van der Waals surface area (Å²) in [6.45, 7) is 2.36. The highest BCUT2D eigenvalue weighted by atomic mass is 16.1. The Bertz CT molecular complexity index is 960. The first-order valence-electron chi connectivity index (χ1n) is 9.59. The number of carbonyl (C=O) groups is 1. The first-order chi connectivity index (χ1) is 13.8. The summed E-state index contributed by atoms with van der Waals surface area (Å²) in [6, 6.07) is 9.67. The van der Waals surface area contributed by atoms with Crippen LogP contribution in [0.1, 0.15) is 34.9 Å². The highest BCUT2D eigenvalue weighted by Gasteiger charge is 2.29. The summed E-state index contributed by atoms with van der Waals surface area (Å²) in [5, 5.41) is 18.7. The lowest BCUT2D eigenvalue weighted by Crippen LogP contribution is -2.52. The summed E-state index contributed by atoms with van der Waals surface area (Å²) in [7, 11) is 0. The van der Waals surface area contributed by atoms with Gasteiger partial charge in [0.1, 0.15) is 5.69 Å². The molecule has 0 unspecified atom stereocenters. The number of aromatic amines is 1. The van der Waals surface area contributed by atoms with Crippen LogP contribution in [0.25, 0.3) is 11.3 Å². The Kier molecular flexibility index (Phi) is 4.23. The lowest BCUT2D eigenvalue weighted by molar-refractivity contribution is 0.0939. The third-order valence-electron chi connectivity index (χ3n) is 5.31. The minimum absolute atomic E-state index is 0.108. The second-order valence-electron chi connectivity index (χ2n) is 7.48. The lowest BCUT2D eigenvalue weighted by Gasteiger charge is -2.39. The maximum absolute atomic E-state index is 12.2. The number of hydrogen-bond acceptors (Lipinski definition) is 6. The van der Waals surface area contributed by atoms with Crippen molar-refractivity contribution in [2.45, 2.75) is 18.8 Å². The van der Waals surface area contributed by atoms with Gasteiger partial charge in [-0.3, -0.25) is 14.9 Å². The van der Waals surface area contributed by atoms with Gasteiger partial charge in [0.05, 0.1) is 5.69 Å². The predicted molar refractivity (Wildman–Crippen MR) is 104 cm³/mol. The van der Waals surface area contributed by atoms with Gasteiger partial charge in [-0.1, -0.05) is 0 Å². The van der Waals surface area contributed by atoms with Crippen LogP contribution in [-0.2, 0) is 0 Å². The van der Waals surface area contributed by atoms with E-state index < -0.39 is 0 Å². The Labute approximate surface area is 162 Å². The molecular formula is C20H21N7O. The average molecular weight is 375 g/mol. The van der Waals surface area contributed by atoms with E-state index in [9.17, 15) is 4.79 Å². The molecule has 0 atom stereocenters. The second-order valence-corrected chi connectivity index (χ2v) is 7.48. The lowest BCUT2D eigenvalue weighted by atomic mass is 10.00. The molecule has 4 heterocycles. The molecule has 1 amide bonds. The maximum Gasteiger partial charge on any atom is 0.271 e. The van der Waals surface area contributed by atoms with Crippen molar-refractivity contribution < 1.29 is 4.79 Å². The average Bonchev–Trinajstić information content (AvgIpc) is 3.44. The summed E-state index contributed by atoms with van der Waals surface area (Å²) in [5.74, 6) is 1.73. The number of amides is 1. The van der Waals surface area contributed by atoms with Crippen molar-refractivity contribution in [1.29, 1.82) is 0 Å². The van der Waals surface area contributed by atoms with Gasteiger partial charge >= 0.3 is 0 Å². The number of anilines is 1. The molecule has 1 aliphatic heterocycles. The van der Waals surface area contributed by atoms with Crippen LogP contribution in [0.4, 0.5) is 5.82 Å². The van der Waals surface area contributed by atoms with Crippen LogP contribution < -0.4 is 10.2 Å². The first kappa shape index (κ1) is 16.9. The van der Waals surface area contributed by atoms with Gasteiger partial charge in [-0.25, -0.2) is 0 Å². The molecule has 0 aromatic carbocycles. The summed E-state index contributed by atoms with van der Waals surface area (Å²) in [5.41, 5.74) is 3.39. The highest BCUT2D eigenvalue weighted by molar-refractivity contribution is 5.92. The number of pyridine rings is 1. The largest absolute Gasteiger partial charge is 0.354 e. The number of rotatable bonds is 6. The van der Waals surface area contributed by atoms with Gasteiger partial charge in [-0.05, 0) is 43.2 Å². The molecule has 5 rings (SSSR count). The van der Waals surface area contributed by atoms with Crippen molar-refractivity contribution in [2.75, 3.05) is 24.5 Å². The van der Waals surface area contributed by atoms with Gasteiger partial charge in [0.2, 0.25) is 0 Å². The molecule has 0 bridgehead atoms. The monoisotopic (exact) mass is 375 g/mol. The summed E-state index contributed by atoms with van der Waals surface area (Å²) < 4.78 is 0. The van der Waals surface area contributed by atoms with Crippen molar-refractivity contribution in [3.8, 4) is 11.3 Å². The molecule has 2 aliphatic rings. The van der Waals surface area contributed by atoms with E-state index in [0.29, 0.717) is 24.1 Å². The van der Waals surface area contributed by atoms with E-state index >= 15 is 0 Å². The Morgan fingerprint density at radius 3 is 2.68 bits per heavy atom. The minimum atomic E-state index is -0.108. The molecule has 1 saturated heterocycles.